The van der Waals surface area contributed by atoms with Crippen LogP contribution in [0.2, 0.25) is 0 Å². The quantitative estimate of drug-likeness (QED) is 0.742. The number of pyridine rings is 1. The number of hydrogen-bond acceptors (Lipinski definition) is 4. The van der Waals surface area contributed by atoms with Gasteiger partial charge in [0, 0.05) is 23.3 Å². The Morgan fingerprint density at radius 1 is 1.19 bits per heavy atom. The zero-order valence-electron chi connectivity index (χ0n) is 11.7. The van der Waals surface area contributed by atoms with Crippen LogP contribution in [0.15, 0.2) is 53.3 Å². The lowest BCUT2D eigenvalue weighted by atomic mass is 10.1. The average molecular weight is 279 g/mol. The third-order valence-electron chi connectivity index (χ3n) is 3.98. The van der Waals surface area contributed by atoms with E-state index in [0.29, 0.717) is 6.04 Å². The summed E-state index contributed by atoms with van der Waals surface area (Å²) in [7, 11) is 0. The molecule has 2 heterocycles. The van der Waals surface area contributed by atoms with Gasteiger partial charge in [0.15, 0.2) is 0 Å². The van der Waals surface area contributed by atoms with Crippen molar-refractivity contribution in [2.24, 2.45) is 0 Å². The zero-order valence-corrected chi connectivity index (χ0v) is 11.7. The normalized spacial score (nSPS) is 14.5. The van der Waals surface area contributed by atoms with Crippen LogP contribution in [-0.2, 0) is 6.54 Å². The minimum atomic E-state index is 0.585. The molecule has 0 radical (unpaired) electrons. The molecule has 0 unspecified atom stereocenters. The number of benzene rings is 1. The van der Waals surface area contributed by atoms with Gasteiger partial charge in [0.05, 0.1) is 24.0 Å². The van der Waals surface area contributed by atoms with E-state index in [4.69, 9.17) is 10.2 Å². The summed E-state index contributed by atoms with van der Waals surface area (Å²) >= 11 is 0. The molecule has 4 heteroatoms. The molecule has 106 valence electrons. The highest BCUT2D eigenvalue weighted by atomic mass is 16.3. The van der Waals surface area contributed by atoms with Gasteiger partial charge in [-0.15, -0.1) is 0 Å². The molecule has 0 amide bonds. The standard InChI is InChI=1S/C17H17N3O/c18-15-7-8-16(14-4-1-9-19-17(14)15)20(12-5-6-12)11-13-3-2-10-21-13/h1-4,7-10,12H,5-6,11,18H2. The van der Waals surface area contributed by atoms with Crippen molar-refractivity contribution in [3.05, 3.63) is 54.6 Å². The molecule has 0 spiro atoms. The second-order valence-electron chi connectivity index (χ2n) is 5.51. The molecule has 0 aliphatic heterocycles. The van der Waals surface area contributed by atoms with Gasteiger partial charge >= 0.3 is 0 Å². The Morgan fingerprint density at radius 2 is 2.10 bits per heavy atom. The van der Waals surface area contributed by atoms with E-state index in [1.54, 1.807) is 12.5 Å². The van der Waals surface area contributed by atoms with Crippen LogP contribution in [0.5, 0.6) is 0 Å². The van der Waals surface area contributed by atoms with Gasteiger partial charge in [-0.25, -0.2) is 0 Å². The fraction of sp³-hybridized carbons (Fsp3) is 0.235. The number of fused-ring (bicyclic) bond motifs is 1. The van der Waals surface area contributed by atoms with Crippen molar-refractivity contribution >= 4 is 22.3 Å². The fourth-order valence-corrected chi connectivity index (χ4v) is 2.80. The Hall–Kier alpha value is -2.49. The fourth-order valence-electron chi connectivity index (χ4n) is 2.80. The summed E-state index contributed by atoms with van der Waals surface area (Å²) in [6, 6.07) is 12.6. The smallest absolute Gasteiger partial charge is 0.123 e. The molecule has 1 aliphatic carbocycles. The number of rotatable bonds is 4. The number of hydrogen-bond donors (Lipinski definition) is 1. The van der Waals surface area contributed by atoms with Gasteiger partial charge in [-0.05, 0) is 49.2 Å². The van der Waals surface area contributed by atoms with E-state index < -0.39 is 0 Å². The lowest BCUT2D eigenvalue weighted by molar-refractivity contribution is 0.501. The maximum atomic E-state index is 6.05. The van der Waals surface area contributed by atoms with Crippen molar-refractivity contribution in [3.63, 3.8) is 0 Å². The summed E-state index contributed by atoms with van der Waals surface area (Å²) < 4.78 is 5.52. The van der Waals surface area contributed by atoms with Crippen LogP contribution in [0.1, 0.15) is 18.6 Å². The van der Waals surface area contributed by atoms with Gasteiger partial charge in [-0.1, -0.05) is 0 Å². The number of furan rings is 1. The first kappa shape index (κ1) is 12.3. The molecule has 21 heavy (non-hydrogen) atoms. The second-order valence-corrected chi connectivity index (χ2v) is 5.51. The predicted molar refractivity (Wildman–Crippen MR) is 84.1 cm³/mol. The molecule has 4 rings (SSSR count). The van der Waals surface area contributed by atoms with Crippen molar-refractivity contribution in [2.45, 2.75) is 25.4 Å². The summed E-state index contributed by atoms with van der Waals surface area (Å²) in [4.78, 5) is 6.83. The van der Waals surface area contributed by atoms with Crippen molar-refractivity contribution in [1.82, 2.24) is 4.98 Å². The molecule has 4 nitrogen and oxygen atoms in total. The van der Waals surface area contributed by atoms with Gasteiger partial charge < -0.3 is 15.1 Å². The number of aromatic nitrogens is 1. The van der Waals surface area contributed by atoms with Crippen LogP contribution >= 0.6 is 0 Å². The van der Waals surface area contributed by atoms with E-state index in [1.165, 1.54) is 18.5 Å². The van der Waals surface area contributed by atoms with E-state index in [2.05, 4.69) is 22.0 Å². The van der Waals surface area contributed by atoms with Gasteiger partial charge in [0.1, 0.15) is 5.76 Å². The Labute approximate surface area is 123 Å². The van der Waals surface area contributed by atoms with Crippen LogP contribution in [0.4, 0.5) is 11.4 Å². The molecule has 1 saturated carbocycles. The zero-order chi connectivity index (χ0) is 14.2. The maximum absolute atomic E-state index is 6.05. The SMILES string of the molecule is Nc1ccc(N(Cc2ccco2)C2CC2)c2cccnc12. The monoisotopic (exact) mass is 279 g/mol. The summed E-state index contributed by atoms with van der Waals surface area (Å²) in [5, 5.41) is 1.11. The molecule has 1 aliphatic rings. The van der Waals surface area contributed by atoms with Gasteiger partial charge in [-0.3, -0.25) is 4.98 Å². The number of anilines is 2. The molecule has 0 saturated heterocycles. The minimum Gasteiger partial charge on any atom is -0.467 e. The Morgan fingerprint density at radius 3 is 2.86 bits per heavy atom. The highest BCUT2D eigenvalue weighted by molar-refractivity contribution is 5.98. The summed E-state index contributed by atoms with van der Waals surface area (Å²) in [6.45, 7) is 0.783. The van der Waals surface area contributed by atoms with E-state index >= 15 is 0 Å². The Bertz CT molecular complexity index is 763. The molecule has 2 aromatic heterocycles. The number of nitrogens with two attached hydrogens (primary N) is 1. The lowest BCUT2D eigenvalue weighted by Crippen LogP contribution is -2.25. The lowest BCUT2D eigenvalue weighted by Gasteiger charge is -2.25. The first-order chi connectivity index (χ1) is 10.3. The molecular weight excluding hydrogens is 262 g/mol. The largest absolute Gasteiger partial charge is 0.467 e. The summed E-state index contributed by atoms with van der Waals surface area (Å²) in [5.74, 6) is 0.982. The summed E-state index contributed by atoms with van der Waals surface area (Å²) in [5.41, 5.74) is 8.84. The Kier molecular flexibility index (Phi) is 2.81. The predicted octanol–water partition coefficient (Wildman–Crippen LogP) is 3.58. The topological polar surface area (TPSA) is 55.3 Å². The maximum Gasteiger partial charge on any atom is 0.123 e. The van der Waals surface area contributed by atoms with Crippen LogP contribution in [0, 0.1) is 0 Å². The van der Waals surface area contributed by atoms with E-state index in [9.17, 15) is 0 Å². The number of nitrogen functional groups attached to an aromatic ring is 1. The van der Waals surface area contributed by atoms with Crippen LogP contribution < -0.4 is 10.6 Å². The minimum absolute atomic E-state index is 0.585. The number of nitrogens with zero attached hydrogens (tertiary/aromatic N) is 2. The molecule has 1 aromatic carbocycles. The molecule has 2 N–H and O–H groups in total. The highest BCUT2D eigenvalue weighted by Crippen LogP contribution is 2.37. The average Bonchev–Trinajstić information content (AvgIpc) is 3.23. The van der Waals surface area contributed by atoms with E-state index in [1.807, 2.05) is 24.3 Å². The first-order valence-corrected chi connectivity index (χ1v) is 7.25. The van der Waals surface area contributed by atoms with Gasteiger partial charge in [0.25, 0.3) is 0 Å². The van der Waals surface area contributed by atoms with Gasteiger partial charge in [-0.2, -0.15) is 0 Å². The van der Waals surface area contributed by atoms with Crippen molar-refractivity contribution in [1.29, 1.82) is 0 Å². The first-order valence-electron chi connectivity index (χ1n) is 7.25. The molecule has 0 atom stereocenters. The molecule has 0 bridgehead atoms. The van der Waals surface area contributed by atoms with Crippen molar-refractivity contribution < 1.29 is 4.42 Å². The van der Waals surface area contributed by atoms with Crippen molar-refractivity contribution in [2.75, 3.05) is 10.6 Å². The van der Waals surface area contributed by atoms with E-state index in [0.717, 1.165) is 28.9 Å². The molecule has 3 aromatic rings. The molecular formula is C17H17N3O. The van der Waals surface area contributed by atoms with Gasteiger partial charge in [0.2, 0.25) is 0 Å². The highest BCUT2D eigenvalue weighted by Gasteiger charge is 2.30. The van der Waals surface area contributed by atoms with E-state index in [-0.39, 0.29) is 0 Å². The third kappa shape index (κ3) is 2.23. The third-order valence-corrected chi connectivity index (χ3v) is 3.98. The van der Waals surface area contributed by atoms with Crippen LogP contribution in [0.25, 0.3) is 10.9 Å². The second kappa shape index (κ2) is 4.81. The van der Waals surface area contributed by atoms with Crippen molar-refractivity contribution in [3.8, 4) is 0 Å². The van der Waals surface area contributed by atoms with Crippen LogP contribution in [-0.4, -0.2) is 11.0 Å². The molecule has 1 fully saturated rings. The Balaban J connectivity index is 1.81. The van der Waals surface area contributed by atoms with Crippen LogP contribution in [0.3, 0.4) is 0 Å². The summed E-state index contributed by atoms with van der Waals surface area (Å²) in [6.07, 6.45) is 5.97.